The van der Waals surface area contributed by atoms with E-state index in [0.717, 1.165) is 0 Å². The summed E-state index contributed by atoms with van der Waals surface area (Å²) in [6.07, 6.45) is 0. The van der Waals surface area contributed by atoms with Gasteiger partial charge in [-0.1, -0.05) is 12.1 Å². The average Bonchev–Trinajstić information content (AvgIpc) is 2.57. The van der Waals surface area contributed by atoms with Gasteiger partial charge < -0.3 is 35.1 Å². The zero-order chi connectivity index (χ0) is 17.6. The van der Waals surface area contributed by atoms with Crippen molar-refractivity contribution in [3.8, 4) is 40.1 Å². The van der Waals surface area contributed by atoms with Gasteiger partial charge in [0.05, 0.1) is 17.7 Å². The maximum atomic E-state index is 12.5. The number of phenolic OH excluding ortho intramolecular Hbond substituents is 5. The second-order valence-electron chi connectivity index (χ2n) is 5.01. The zero-order valence-corrected chi connectivity index (χ0v) is 12.0. The van der Waals surface area contributed by atoms with Gasteiger partial charge in [0.15, 0.2) is 11.3 Å². The molecule has 6 N–H and O–H groups in total. The van der Waals surface area contributed by atoms with Crippen LogP contribution in [0.1, 0.15) is 5.56 Å². The highest BCUT2D eigenvalue weighted by Gasteiger charge is 2.26. The summed E-state index contributed by atoms with van der Waals surface area (Å²) in [4.78, 5) is 12.5. The molecule has 0 bridgehead atoms. The molecule has 0 amide bonds. The van der Waals surface area contributed by atoms with Crippen LogP contribution < -0.4 is 5.43 Å². The van der Waals surface area contributed by atoms with Crippen LogP contribution >= 0.6 is 0 Å². The summed E-state index contributed by atoms with van der Waals surface area (Å²) in [7, 11) is 0. The lowest BCUT2D eigenvalue weighted by atomic mass is 10.0. The van der Waals surface area contributed by atoms with E-state index in [1.807, 2.05) is 0 Å². The molecule has 0 saturated heterocycles. The molecule has 1 heterocycles. The monoisotopic (exact) mass is 332 g/mol. The zero-order valence-electron chi connectivity index (χ0n) is 12.0. The molecule has 0 fully saturated rings. The fraction of sp³-hybridized carbons (Fsp3) is 0.0625. The van der Waals surface area contributed by atoms with Crippen LogP contribution in [0.15, 0.2) is 33.5 Å². The van der Waals surface area contributed by atoms with Crippen LogP contribution in [0.3, 0.4) is 0 Å². The quantitative estimate of drug-likeness (QED) is 0.305. The molecule has 8 nitrogen and oxygen atoms in total. The summed E-state index contributed by atoms with van der Waals surface area (Å²) < 4.78 is 5.38. The first-order valence-electron chi connectivity index (χ1n) is 6.73. The van der Waals surface area contributed by atoms with Crippen molar-refractivity contribution in [1.29, 1.82) is 0 Å². The highest BCUT2D eigenvalue weighted by molar-refractivity contribution is 5.95. The minimum absolute atomic E-state index is 0.0620. The molecule has 8 heteroatoms. The predicted octanol–water partition coefficient (Wildman–Crippen LogP) is 1.48. The standard InChI is InChI=1S/C16H12O8/c17-5-7-10(19)9-11(20)12(21)13(22)14(23)16(9)24-15(7)6-3-1-2-4-8(6)18/h1-4,17-18,20-23H,5H2. The number of benzene rings is 2. The molecule has 0 spiro atoms. The molecule has 3 rings (SSSR count). The Balaban J connectivity index is 2.54. The molecule has 0 atom stereocenters. The fourth-order valence-corrected chi connectivity index (χ4v) is 2.43. The summed E-state index contributed by atoms with van der Waals surface area (Å²) >= 11 is 0. The SMILES string of the molecule is O=c1c(CO)c(-c2ccccc2O)oc2c(O)c(O)c(O)c(O)c12. The Labute approximate surface area is 133 Å². The van der Waals surface area contributed by atoms with Gasteiger partial charge in [-0.05, 0) is 12.1 Å². The second-order valence-corrected chi connectivity index (χ2v) is 5.01. The first kappa shape index (κ1) is 15.5. The second kappa shape index (κ2) is 5.36. The molecule has 0 aliphatic rings. The smallest absolute Gasteiger partial charge is 0.208 e. The van der Waals surface area contributed by atoms with E-state index >= 15 is 0 Å². The van der Waals surface area contributed by atoms with E-state index in [9.17, 15) is 35.4 Å². The largest absolute Gasteiger partial charge is 0.507 e. The average molecular weight is 332 g/mol. The van der Waals surface area contributed by atoms with Crippen LogP contribution in [-0.4, -0.2) is 30.6 Å². The van der Waals surface area contributed by atoms with E-state index in [4.69, 9.17) is 4.42 Å². The molecular weight excluding hydrogens is 320 g/mol. The Morgan fingerprint density at radius 3 is 2.12 bits per heavy atom. The number of aliphatic hydroxyl groups is 1. The molecular formula is C16H12O8. The highest BCUT2D eigenvalue weighted by atomic mass is 16.4. The molecule has 3 aromatic rings. The van der Waals surface area contributed by atoms with Crippen molar-refractivity contribution in [1.82, 2.24) is 0 Å². The van der Waals surface area contributed by atoms with Crippen LogP contribution in [0.4, 0.5) is 0 Å². The molecule has 124 valence electrons. The molecule has 2 aromatic carbocycles. The lowest BCUT2D eigenvalue weighted by molar-refractivity contribution is 0.278. The van der Waals surface area contributed by atoms with Crippen LogP contribution in [-0.2, 0) is 6.61 Å². The van der Waals surface area contributed by atoms with Gasteiger partial charge in [0.2, 0.25) is 22.7 Å². The number of para-hydroxylation sites is 1. The minimum Gasteiger partial charge on any atom is -0.507 e. The first-order chi connectivity index (χ1) is 11.4. The van der Waals surface area contributed by atoms with Crippen molar-refractivity contribution in [2.45, 2.75) is 6.61 Å². The van der Waals surface area contributed by atoms with Gasteiger partial charge in [0, 0.05) is 0 Å². The van der Waals surface area contributed by atoms with Gasteiger partial charge in [-0.15, -0.1) is 0 Å². The lowest BCUT2D eigenvalue weighted by Crippen LogP contribution is -2.11. The van der Waals surface area contributed by atoms with Crippen LogP contribution in [0.2, 0.25) is 0 Å². The topological polar surface area (TPSA) is 152 Å². The van der Waals surface area contributed by atoms with Crippen molar-refractivity contribution in [3.05, 3.63) is 40.1 Å². The van der Waals surface area contributed by atoms with E-state index in [-0.39, 0.29) is 22.6 Å². The number of aliphatic hydroxyl groups excluding tert-OH is 1. The Hall–Kier alpha value is -3.39. The summed E-state index contributed by atoms with van der Waals surface area (Å²) in [6, 6.07) is 5.82. The number of fused-ring (bicyclic) bond motifs is 1. The van der Waals surface area contributed by atoms with Gasteiger partial charge in [-0.3, -0.25) is 4.79 Å². The lowest BCUT2D eigenvalue weighted by Gasteiger charge is -2.12. The first-order valence-corrected chi connectivity index (χ1v) is 6.73. The summed E-state index contributed by atoms with van der Waals surface area (Å²) in [5.41, 5.74) is -1.76. The van der Waals surface area contributed by atoms with Gasteiger partial charge >= 0.3 is 0 Å². The van der Waals surface area contributed by atoms with Crippen molar-refractivity contribution in [2.75, 3.05) is 0 Å². The predicted molar refractivity (Wildman–Crippen MR) is 82.2 cm³/mol. The van der Waals surface area contributed by atoms with Gasteiger partial charge in [0.25, 0.3) is 0 Å². The van der Waals surface area contributed by atoms with E-state index in [1.165, 1.54) is 18.2 Å². The molecule has 24 heavy (non-hydrogen) atoms. The summed E-state index contributed by atoms with van der Waals surface area (Å²) in [6.45, 7) is -0.788. The van der Waals surface area contributed by atoms with E-state index in [0.29, 0.717) is 0 Å². The van der Waals surface area contributed by atoms with E-state index in [1.54, 1.807) is 6.07 Å². The van der Waals surface area contributed by atoms with Gasteiger partial charge in [-0.2, -0.15) is 0 Å². The molecule has 1 aromatic heterocycles. The minimum atomic E-state index is -1.09. The number of hydrogen-bond donors (Lipinski definition) is 6. The third-order valence-corrected chi connectivity index (χ3v) is 3.64. The Morgan fingerprint density at radius 2 is 1.50 bits per heavy atom. The van der Waals surface area contributed by atoms with E-state index in [2.05, 4.69) is 0 Å². The Kier molecular flexibility index (Phi) is 3.46. The van der Waals surface area contributed by atoms with Crippen molar-refractivity contribution < 1.29 is 35.1 Å². The van der Waals surface area contributed by atoms with Crippen LogP contribution in [0, 0.1) is 0 Å². The van der Waals surface area contributed by atoms with Gasteiger partial charge in [0.1, 0.15) is 16.9 Å². The number of phenols is 5. The third kappa shape index (κ3) is 2.01. The van der Waals surface area contributed by atoms with Crippen molar-refractivity contribution in [3.63, 3.8) is 0 Å². The van der Waals surface area contributed by atoms with Crippen molar-refractivity contribution >= 4 is 11.0 Å². The molecule has 0 unspecified atom stereocenters. The number of rotatable bonds is 2. The molecule has 0 aliphatic heterocycles. The number of hydrogen-bond acceptors (Lipinski definition) is 8. The van der Waals surface area contributed by atoms with E-state index < -0.39 is 46.0 Å². The summed E-state index contributed by atoms with van der Waals surface area (Å²) in [5.74, 6) is -4.60. The maximum Gasteiger partial charge on any atom is 0.208 e. The Bertz CT molecular complexity index is 1020. The third-order valence-electron chi connectivity index (χ3n) is 3.64. The summed E-state index contributed by atoms with van der Waals surface area (Å²) in [5, 5.41) is 57.8. The Morgan fingerprint density at radius 1 is 0.875 bits per heavy atom. The fourth-order valence-electron chi connectivity index (χ4n) is 2.43. The van der Waals surface area contributed by atoms with Crippen molar-refractivity contribution in [2.24, 2.45) is 0 Å². The highest BCUT2D eigenvalue weighted by Crippen LogP contribution is 2.48. The molecule has 0 saturated carbocycles. The van der Waals surface area contributed by atoms with Crippen LogP contribution in [0.25, 0.3) is 22.3 Å². The maximum absolute atomic E-state index is 12.5. The molecule has 0 radical (unpaired) electrons. The normalized spacial score (nSPS) is 11.0. The number of aromatic hydroxyl groups is 5. The van der Waals surface area contributed by atoms with Crippen LogP contribution in [0.5, 0.6) is 28.7 Å². The molecule has 0 aliphatic carbocycles. The van der Waals surface area contributed by atoms with Gasteiger partial charge in [-0.25, -0.2) is 0 Å².